The van der Waals surface area contributed by atoms with Gasteiger partial charge in [-0.1, -0.05) is 12.8 Å². The predicted octanol–water partition coefficient (Wildman–Crippen LogP) is 2.90. The average Bonchev–Trinajstić information content (AvgIpc) is 3.44. The number of rotatable bonds is 4. The van der Waals surface area contributed by atoms with E-state index in [1.54, 1.807) is 12.4 Å². The number of pyridine rings is 1. The molecule has 0 bridgehead atoms. The number of H-pyrrole nitrogens is 1. The zero-order valence-electron chi connectivity index (χ0n) is 15.6. The Morgan fingerprint density at radius 2 is 2.11 bits per heavy atom. The second kappa shape index (κ2) is 6.56. The lowest BCUT2D eigenvalue weighted by molar-refractivity contribution is 0.0793. The number of aromatic amines is 1. The summed E-state index contributed by atoms with van der Waals surface area (Å²) in [4.78, 5) is 22.7. The average molecular weight is 364 g/mol. The van der Waals surface area contributed by atoms with Crippen LogP contribution >= 0.6 is 0 Å². The summed E-state index contributed by atoms with van der Waals surface area (Å²) in [5.41, 5.74) is 1.47. The zero-order valence-corrected chi connectivity index (χ0v) is 15.6. The Morgan fingerprint density at radius 1 is 1.26 bits per heavy atom. The summed E-state index contributed by atoms with van der Waals surface area (Å²) >= 11 is 0. The summed E-state index contributed by atoms with van der Waals surface area (Å²) < 4.78 is 2.29. The topological polar surface area (TPSA) is 79.7 Å². The first kappa shape index (κ1) is 16.6. The van der Waals surface area contributed by atoms with E-state index >= 15 is 0 Å². The lowest BCUT2D eigenvalue weighted by Crippen LogP contribution is -2.44. The molecule has 0 radical (unpaired) electrons. The van der Waals surface area contributed by atoms with E-state index in [1.807, 2.05) is 19.1 Å². The highest BCUT2D eigenvalue weighted by molar-refractivity contribution is 6.09. The molecule has 1 atom stereocenters. The lowest BCUT2D eigenvalue weighted by Gasteiger charge is -2.32. The van der Waals surface area contributed by atoms with E-state index in [9.17, 15) is 4.79 Å². The minimum atomic E-state index is -0.204. The highest BCUT2D eigenvalue weighted by Gasteiger charge is 2.31. The Kier molecular flexibility index (Phi) is 4.04. The summed E-state index contributed by atoms with van der Waals surface area (Å²) in [6, 6.07) is 3.61. The molecule has 140 valence electrons. The number of hydrogen-bond donors (Lipinski definition) is 1. The molecule has 0 spiro atoms. The Bertz CT molecular complexity index is 983. The van der Waals surface area contributed by atoms with Crippen LogP contribution in [0, 0.1) is 0 Å². The number of ketones is 1. The molecule has 3 aromatic heterocycles. The summed E-state index contributed by atoms with van der Waals surface area (Å²) in [5, 5.41) is 9.83. The van der Waals surface area contributed by atoms with Gasteiger partial charge in [0.05, 0.1) is 12.6 Å². The molecule has 27 heavy (non-hydrogen) atoms. The van der Waals surface area contributed by atoms with Gasteiger partial charge < -0.3 is 9.55 Å². The molecular formula is C20H24N6O. The number of carbonyl (C=O) groups excluding carboxylic acids is 1. The molecule has 1 N–H and O–H groups in total. The molecule has 2 aliphatic rings. The van der Waals surface area contributed by atoms with Crippen LogP contribution in [0.25, 0.3) is 11.0 Å². The molecule has 1 saturated carbocycles. The molecule has 1 aliphatic carbocycles. The Balaban J connectivity index is 1.36. The van der Waals surface area contributed by atoms with Crippen LogP contribution in [0.4, 0.5) is 0 Å². The van der Waals surface area contributed by atoms with Crippen LogP contribution in [0.3, 0.4) is 0 Å². The van der Waals surface area contributed by atoms with Crippen LogP contribution in [0.5, 0.6) is 0 Å². The van der Waals surface area contributed by atoms with Gasteiger partial charge in [-0.25, -0.2) is 4.98 Å². The van der Waals surface area contributed by atoms with Crippen LogP contribution in [-0.2, 0) is 13.1 Å². The van der Waals surface area contributed by atoms with E-state index in [1.165, 1.54) is 25.7 Å². The van der Waals surface area contributed by atoms with Crippen LogP contribution < -0.4 is 0 Å². The van der Waals surface area contributed by atoms with Gasteiger partial charge in [0, 0.05) is 42.4 Å². The molecule has 3 aromatic rings. The third kappa shape index (κ3) is 2.77. The van der Waals surface area contributed by atoms with Crippen molar-refractivity contribution in [3.63, 3.8) is 0 Å². The van der Waals surface area contributed by atoms with E-state index in [0.29, 0.717) is 18.0 Å². The van der Waals surface area contributed by atoms with Gasteiger partial charge in [0.2, 0.25) is 0 Å². The zero-order chi connectivity index (χ0) is 18.4. The number of nitrogens with one attached hydrogen (secondary N) is 1. The van der Waals surface area contributed by atoms with Crippen molar-refractivity contribution in [2.45, 2.75) is 57.7 Å². The SMILES string of the molecule is CC(C(=O)c1c[nH]c2ncccc12)N1CCn2c(nnc2C2CCCC2)C1. The number of aromatic nitrogens is 5. The smallest absolute Gasteiger partial charge is 0.181 e. The highest BCUT2D eigenvalue weighted by atomic mass is 16.1. The summed E-state index contributed by atoms with van der Waals surface area (Å²) in [6.45, 7) is 4.37. The molecule has 1 aliphatic heterocycles. The Labute approximate surface area is 157 Å². The number of carbonyl (C=O) groups is 1. The van der Waals surface area contributed by atoms with E-state index in [4.69, 9.17) is 0 Å². The van der Waals surface area contributed by atoms with Crippen LogP contribution in [0.15, 0.2) is 24.5 Å². The molecular weight excluding hydrogens is 340 g/mol. The number of fused-ring (bicyclic) bond motifs is 2. The van der Waals surface area contributed by atoms with Crippen LogP contribution in [-0.4, -0.2) is 48.0 Å². The molecule has 4 heterocycles. The van der Waals surface area contributed by atoms with Crippen molar-refractivity contribution in [2.75, 3.05) is 6.54 Å². The molecule has 0 saturated heterocycles. The third-order valence-electron chi connectivity index (χ3n) is 6.18. The monoisotopic (exact) mass is 364 g/mol. The Hall–Kier alpha value is -2.54. The number of hydrogen-bond acceptors (Lipinski definition) is 5. The standard InChI is InChI=1S/C20H24N6O/c1-13(18(27)16-11-22-19-15(16)7-4-8-21-19)25-9-10-26-17(12-25)23-24-20(26)14-5-2-3-6-14/h4,7-8,11,13-14H,2-3,5-6,9-10,12H2,1H3,(H,21,22). The second-order valence-electron chi connectivity index (χ2n) is 7.72. The maximum absolute atomic E-state index is 13.1. The highest BCUT2D eigenvalue weighted by Crippen LogP contribution is 2.34. The van der Waals surface area contributed by atoms with Gasteiger partial charge >= 0.3 is 0 Å². The van der Waals surface area contributed by atoms with Gasteiger partial charge in [-0.2, -0.15) is 0 Å². The van der Waals surface area contributed by atoms with Crippen molar-refractivity contribution in [3.05, 3.63) is 41.7 Å². The Morgan fingerprint density at radius 3 is 2.96 bits per heavy atom. The van der Waals surface area contributed by atoms with Crippen molar-refractivity contribution in [1.82, 2.24) is 29.6 Å². The van der Waals surface area contributed by atoms with Crippen LogP contribution in [0.1, 0.15) is 60.5 Å². The van der Waals surface area contributed by atoms with Crippen molar-refractivity contribution in [2.24, 2.45) is 0 Å². The van der Waals surface area contributed by atoms with E-state index < -0.39 is 0 Å². The normalized spacial score (nSPS) is 19.4. The fraction of sp³-hybridized carbons (Fsp3) is 0.500. The first-order chi connectivity index (χ1) is 13.2. The fourth-order valence-corrected chi connectivity index (χ4v) is 4.57. The van der Waals surface area contributed by atoms with Crippen molar-refractivity contribution in [1.29, 1.82) is 0 Å². The molecule has 5 rings (SSSR count). The molecule has 1 fully saturated rings. The number of Topliss-reactive ketones (excluding diaryl/α,β-unsaturated/α-hetero) is 1. The minimum Gasteiger partial charge on any atom is -0.345 e. The van der Waals surface area contributed by atoms with Gasteiger partial charge in [-0.3, -0.25) is 9.69 Å². The van der Waals surface area contributed by atoms with Gasteiger partial charge in [-0.05, 0) is 31.9 Å². The molecule has 7 nitrogen and oxygen atoms in total. The lowest BCUT2D eigenvalue weighted by atomic mass is 10.0. The van der Waals surface area contributed by atoms with E-state index in [0.717, 1.165) is 35.8 Å². The maximum Gasteiger partial charge on any atom is 0.181 e. The molecule has 1 unspecified atom stereocenters. The molecule has 0 amide bonds. The van der Waals surface area contributed by atoms with Gasteiger partial charge in [-0.15, -0.1) is 10.2 Å². The predicted molar refractivity (Wildman–Crippen MR) is 102 cm³/mol. The summed E-state index contributed by atoms with van der Waals surface area (Å²) in [6.07, 6.45) is 8.56. The van der Waals surface area contributed by atoms with E-state index in [-0.39, 0.29) is 11.8 Å². The van der Waals surface area contributed by atoms with Crippen molar-refractivity contribution >= 4 is 16.8 Å². The van der Waals surface area contributed by atoms with Crippen molar-refractivity contribution < 1.29 is 4.79 Å². The quantitative estimate of drug-likeness (QED) is 0.720. The largest absolute Gasteiger partial charge is 0.345 e. The van der Waals surface area contributed by atoms with Crippen molar-refractivity contribution in [3.8, 4) is 0 Å². The summed E-state index contributed by atoms with van der Waals surface area (Å²) in [7, 11) is 0. The van der Waals surface area contributed by atoms with Gasteiger partial charge in [0.25, 0.3) is 0 Å². The first-order valence-corrected chi connectivity index (χ1v) is 9.84. The minimum absolute atomic E-state index is 0.123. The van der Waals surface area contributed by atoms with E-state index in [2.05, 4.69) is 29.6 Å². The molecule has 0 aromatic carbocycles. The second-order valence-corrected chi connectivity index (χ2v) is 7.72. The molecule has 7 heteroatoms. The fourth-order valence-electron chi connectivity index (χ4n) is 4.57. The van der Waals surface area contributed by atoms with Gasteiger partial charge in [0.1, 0.15) is 17.3 Å². The first-order valence-electron chi connectivity index (χ1n) is 9.84. The van der Waals surface area contributed by atoms with Crippen LogP contribution in [0.2, 0.25) is 0 Å². The van der Waals surface area contributed by atoms with Gasteiger partial charge in [0.15, 0.2) is 5.78 Å². The maximum atomic E-state index is 13.1. The third-order valence-corrected chi connectivity index (χ3v) is 6.18. The summed E-state index contributed by atoms with van der Waals surface area (Å²) in [5.74, 6) is 2.83. The number of nitrogens with zero attached hydrogens (tertiary/aromatic N) is 5.